The maximum Gasteiger partial charge on any atom is 0.287 e. The van der Waals surface area contributed by atoms with Gasteiger partial charge in [-0.1, -0.05) is 26.7 Å². The second kappa shape index (κ2) is 6.93. The summed E-state index contributed by atoms with van der Waals surface area (Å²) in [4.78, 5) is 16.5. The lowest BCUT2D eigenvalue weighted by atomic mass is 10.0. The average molecular weight is 251 g/mol. The molecule has 100 valence electrons. The topological polar surface area (TPSA) is 59.3 Å². The largest absolute Gasteiger partial charge is 0.357 e. The molecule has 0 radical (unpaired) electrons. The molecule has 0 unspecified atom stereocenters. The van der Waals surface area contributed by atoms with Crippen LogP contribution in [0.1, 0.15) is 33.6 Å². The van der Waals surface area contributed by atoms with E-state index in [1.54, 1.807) is 6.07 Å². The van der Waals surface area contributed by atoms with Crippen LogP contribution in [-0.2, 0) is 0 Å². The van der Waals surface area contributed by atoms with E-state index in [-0.39, 0.29) is 5.69 Å². The van der Waals surface area contributed by atoms with Crippen LogP contribution in [-0.4, -0.2) is 23.0 Å². The lowest BCUT2D eigenvalue weighted by Crippen LogP contribution is -2.29. The molecule has 0 atom stereocenters. The van der Waals surface area contributed by atoms with Gasteiger partial charge in [-0.2, -0.15) is 0 Å². The van der Waals surface area contributed by atoms with E-state index in [9.17, 15) is 10.1 Å². The van der Waals surface area contributed by atoms with Crippen molar-refractivity contribution in [2.75, 3.05) is 18.0 Å². The fraction of sp³-hybridized carbons (Fsp3) is 0.615. The van der Waals surface area contributed by atoms with Crippen molar-refractivity contribution in [2.24, 2.45) is 5.92 Å². The molecule has 1 heterocycles. The van der Waals surface area contributed by atoms with Gasteiger partial charge in [0, 0.05) is 19.2 Å². The Bertz CT molecular complexity index is 374. The van der Waals surface area contributed by atoms with E-state index >= 15 is 0 Å². The molecular weight excluding hydrogens is 230 g/mol. The van der Waals surface area contributed by atoms with Crippen molar-refractivity contribution in [2.45, 2.75) is 33.6 Å². The molecule has 0 aromatic carbocycles. The van der Waals surface area contributed by atoms with Crippen LogP contribution in [0.15, 0.2) is 18.3 Å². The first-order valence-corrected chi connectivity index (χ1v) is 6.47. The molecule has 1 rings (SSSR count). The second-order valence-electron chi connectivity index (χ2n) is 4.35. The first-order chi connectivity index (χ1) is 8.62. The summed E-state index contributed by atoms with van der Waals surface area (Å²) in [6.45, 7) is 8.26. The highest BCUT2D eigenvalue weighted by Gasteiger charge is 2.13. The Morgan fingerprint density at radius 1 is 1.33 bits per heavy atom. The number of aromatic nitrogens is 1. The molecule has 1 aromatic rings. The maximum absolute atomic E-state index is 10.6. The van der Waals surface area contributed by atoms with Crippen LogP contribution in [0.5, 0.6) is 0 Å². The Kier molecular flexibility index (Phi) is 5.55. The zero-order chi connectivity index (χ0) is 13.5. The Labute approximate surface area is 108 Å². The molecule has 18 heavy (non-hydrogen) atoms. The second-order valence-corrected chi connectivity index (χ2v) is 4.35. The summed E-state index contributed by atoms with van der Waals surface area (Å²) in [6.07, 6.45) is 3.60. The monoisotopic (exact) mass is 251 g/mol. The van der Waals surface area contributed by atoms with Crippen molar-refractivity contribution in [1.82, 2.24) is 4.98 Å². The zero-order valence-electron chi connectivity index (χ0n) is 11.3. The van der Waals surface area contributed by atoms with Crippen molar-refractivity contribution >= 4 is 11.5 Å². The van der Waals surface area contributed by atoms with Crippen LogP contribution in [0.3, 0.4) is 0 Å². The van der Waals surface area contributed by atoms with Gasteiger partial charge < -0.3 is 4.90 Å². The number of anilines is 1. The predicted octanol–water partition coefficient (Wildman–Crippen LogP) is 3.25. The quantitative estimate of drug-likeness (QED) is 0.551. The molecule has 5 nitrogen and oxygen atoms in total. The van der Waals surface area contributed by atoms with E-state index in [0.717, 1.165) is 31.7 Å². The molecule has 0 aliphatic rings. The normalized spacial score (nSPS) is 10.7. The van der Waals surface area contributed by atoms with Crippen LogP contribution in [0.4, 0.5) is 11.5 Å². The summed E-state index contributed by atoms with van der Waals surface area (Å²) in [5, 5.41) is 10.6. The van der Waals surface area contributed by atoms with E-state index in [1.165, 1.54) is 12.3 Å². The standard InChI is InChI=1S/C13H21N3O2/c1-4-11(5-2)10-15(6-3)13-8-7-12(9-14-13)16(17)18/h7-9,11H,4-6,10H2,1-3H3. The number of rotatable bonds is 7. The minimum Gasteiger partial charge on any atom is -0.357 e. The fourth-order valence-electron chi connectivity index (χ4n) is 1.92. The fourth-order valence-corrected chi connectivity index (χ4v) is 1.92. The van der Waals surface area contributed by atoms with E-state index in [2.05, 4.69) is 30.7 Å². The Morgan fingerprint density at radius 3 is 2.39 bits per heavy atom. The molecule has 0 N–H and O–H groups in total. The number of nitrogens with zero attached hydrogens (tertiary/aromatic N) is 3. The van der Waals surface area contributed by atoms with Crippen LogP contribution in [0, 0.1) is 16.0 Å². The molecule has 0 saturated heterocycles. The van der Waals surface area contributed by atoms with Gasteiger partial charge in [-0.25, -0.2) is 4.98 Å². The van der Waals surface area contributed by atoms with Crippen molar-refractivity contribution in [3.8, 4) is 0 Å². The smallest absolute Gasteiger partial charge is 0.287 e. The summed E-state index contributed by atoms with van der Waals surface area (Å²) >= 11 is 0. The van der Waals surface area contributed by atoms with Gasteiger partial charge in [0.15, 0.2) is 0 Å². The molecular formula is C13H21N3O2. The summed E-state index contributed by atoms with van der Waals surface area (Å²) in [5.74, 6) is 1.46. The molecule has 1 aromatic heterocycles. The lowest BCUT2D eigenvalue weighted by molar-refractivity contribution is -0.385. The molecule has 5 heteroatoms. The number of hydrogen-bond acceptors (Lipinski definition) is 4. The first kappa shape index (κ1) is 14.4. The minimum absolute atomic E-state index is 0.0392. The Balaban J connectivity index is 2.78. The lowest BCUT2D eigenvalue weighted by Gasteiger charge is -2.26. The van der Waals surface area contributed by atoms with E-state index in [4.69, 9.17) is 0 Å². The number of nitro groups is 1. The molecule has 0 spiro atoms. The summed E-state index contributed by atoms with van der Waals surface area (Å²) < 4.78 is 0. The van der Waals surface area contributed by atoms with Crippen molar-refractivity contribution in [3.05, 3.63) is 28.4 Å². The summed E-state index contributed by atoms with van der Waals surface area (Å²) in [7, 11) is 0. The van der Waals surface area contributed by atoms with Crippen LogP contribution in [0.2, 0.25) is 0 Å². The van der Waals surface area contributed by atoms with Gasteiger partial charge in [-0.3, -0.25) is 10.1 Å². The van der Waals surface area contributed by atoms with Crippen molar-refractivity contribution in [1.29, 1.82) is 0 Å². The molecule has 0 bridgehead atoms. The highest BCUT2D eigenvalue weighted by Crippen LogP contribution is 2.18. The van der Waals surface area contributed by atoms with Gasteiger partial charge >= 0.3 is 0 Å². The van der Waals surface area contributed by atoms with Gasteiger partial charge in [0.1, 0.15) is 12.0 Å². The maximum atomic E-state index is 10.6. The molecule has 0 saturated carbocycles. The zero-order valence-corrected chi connectivity index (χ0v) is 11.3. The highest BCUT2D eigenvalue weighted by atomic mass is 16.6. The third-order valence-electron chi connectivity index (χ3n) is 3.28. The van der Waals surface area contributed by atoms with Crippen LogP contribution < -0.4 is 4.90 Å². The number of hydrogen-bond donors (Lipinski definition) is 0. The first-order valence-electron chi connectivity index (χ1n) is 6.47. The molecule has 0 aliphatic heterocycles. The van der Waals surface area contributed by atoms with Gasteiger partial charge in [-0.15, -0.1) is 0 Å². The third-order valence-corrected chi connectivity index (χ3v) is 3.28. The van der Waals surface area contributed by atoms with Gasteiger partial charge in [0.25, 0.3) is 5.69 Å². The van der Waals surface area contributed by atoms with Gasteiger partial charge in [-0.05, 0) is 18.9 Å². The molecule has 0 fully saturated rings. The summed E-state index contributed by atoms with van der Waals surface area (Å²) in [5.41, 5.74) is 0.0392. The predicted molar refractivity (Wildman–Crippen MR) is 72.9 cm³/mol. The van der Waals surface area contributed by atoms with Crippen molar-refractivity contribution < 1.29 is 4.92 Å². The van der Waals surface area contributed by atoms with E-state index in [1.807, 2.05) is 0 Å². The van der Waals surface area contributed by atoms with E-state index in [0.29, 0.717) is 5.92 Å². The Morgan fingerprint density at radius 2 is 2.00 bits per heavy atom. The van der Waals surface area contributed by atoms with Crippen molar-refractivity contribution in [3.63, 3.8) is 0 Å². The Hall–Kier alpha value is -1.65. The van der Waals surface area contributed by atoms with Crippen LogP contribution >= 0.6 is 0 Å². The van der Waals surface area contributed by atoms with Crippen LogP contribution in [0.25, 0.3) is 0 Å². The summed E-state index contributed by atoms with van der Waals surface area (Å²) in [6, 6.07) is 3.24. The minimum atomic E-state index is -0.423. The SMILES string of the molecule is CCC(CC)CN(CC)c1ccc([N+](=O)[O-])cn1. The third kappa shape index (κ3) is 3.68. The van der Waals surface area contributed by atoms with Gasteiger partial charge in [0.2, 0.25) is 0 Å². The average Bonchev–Trinajstić information content (AvgIpc) is 2.40. The molecule has 0 amide bonds. The molecule has 0 aliphatic carbocycles. The highest BCUT2D eigenvalue weighted by molar-refractivity contribution is 5.42. The van der Waals surface area contributed by atoms with Gasteiger partial charge in [0.05, 0.1) is 4.92 Å². The number of pyridine rings is 1. The van der Waals surface area contributed by atoms with E-state index < -0.39 is 4.92 Å².